The summed E-state index contributed by atoms with van der Waals surface area (Å²) in [6, 6.07) is 8.71. The molecule has 1 aromatic carbocycles. The van der Waals surface area contributed by atoms with Crippen LogP contribution in [0.2, 0.25) is 0 Å². The van der Waals surface area contributed by atoms with Crippen molar-refractivity contribution in [2.45, 2.75) is 17.9 Å². The largest absolute Gasteiger partial charge is 0.369 e. The summed E-state index contributed by atoms with van der Waals surface area (Å²) in [7, 11) is -3.64. The van der Waals surface area contributed by atoms with Gasteiger partial charge in [0.05, 0.1) is 10.9 Å². The third-order valence-electron chi connectivity index (χ3n) is 4.35. The minimum absolute atomic E-state index is 0.139. The Morgan fingerprint density at radius 2 is 1.62 bits per heavy atom. The maximum atomic E-state index is 11.3. The predicted molar refractivity (Wildman–Crippen MR) is 92.0 cm³/mol. The number of piperazine rings is 1. The van der Waals surface area contributed by atoms with E-state index in [9.17, 15) is 8.42 Å². The van der Waals surface area contributed by atoms with Gasteiger partial charge < -0.3 is 4.90 Å². The maximum Gasteiger partial charge on any atom is 0.238 e. The number of anilines is 1. The molecule has 0 bridgehead atoms. The Hall–Kier alpha value is -2.03. The van der Waals surface area contributed by atoms with E-state index in [1.165, 1.54) is 0 Å². The van der Waals surface area contributed by atoms with Gasteiger partial charge in [-0.3, -0.25) is 4.90 Å². The van der Waals surface area contributed by atoms with Gasteiger partial charge in [0.25, 0.3) is 0 Å². The molecular weight excluding hydrogens is 326 g/mol. The lowest BCUT2D eigenvalue weighted by Crippen LogP contribution is -2.47. The van der Waals surface area contributed by atoms with Crippen molar-refractivity contribution in [2.75, 3.05) is 31.1 Å². The molecule has 0 radical (unpaired) electrons. The second kappa shape index (κ2) is 6.84. The Kier molecular flexibility index (Phi) is 4.79. The molecule has 0 aliphatic carbocycles. The summed E-state index contributed by atoms with van der Waals surface area (Å²) in [5.41, 5.74) is 1.01. The second-order valence-electron chi connectivity index (χ2n) is 5.84. The first kappa shape index (κ1) is 16.8. The van der Waals surface area contributed by atoms with Crippen LogP contribution in [0, 0.1) is 0 Å². The summed E-state index contributed by atoms with van der Waals surface area (Å²) in [6.45, 7) is 5.65. The van der Waals surface area contributed by atoms with Crippen molar-refractivity contribution in [1.82, 2.24) is 14.9 Å². The lowest BCUT2D eigenvalue weighted by molar-refractivity contribution is 0.191. The number of primary sulfonamides is 1. The number of sulfonamides is 1. The van der Waals surface area contributed by atoms with Gasteiger partial charge in [-0.05, 0) is 37.3 Å². The molecule has 2 N–H and O–H groups in total. The van der Waals surface area contributed by atoms with Gasteiger partial charge in [0, 0.05) is 44.3 Å². The van der Waals surface area contributed by atoms with Crippen molar-refractivity contribution < 1.29 is 8.42 Å². The van der Waals surface area contributed by atoms with E-state index < -0.39 is 10.0 Å². The van der Waals surface area contributed by atoms with Crippen LogP contribution < -0.4 is 10.0 Å². The molecule has 1 unspecified atom stereocenters. The Morgan fingerprint density at radius 3 is 2.17 bits per heavy atom. The lowest BCUT2D eigenvalue weighted by atomic mass is 10.2. The van der Waals surface area contributed by atoms with E-state index in [0.717, 1.165) is 37.7 Å². The van der Waals surface area contributed by atoms with Gasteiger partial charge in [-0.1, -0.05) is 0 Å². The number of nitrogens with zero attached hydrogens (tertiary/aromatic N) is 4. The highest BCUT2D eigenvalue weighted by atomic mass is 32.2. The molecule has 2 aromatic rings. The summed E-state index contributed by atoms with van der Waals surface area (Å²) in [4.78, 5) is 13.4. The van der Waals surface area contributed by atoms with Crippen LogP contribution in [0.5, 0.6) is 0 Å². The molecule has 1 aliphatic rings. The van der Waals surface area contributed by atoms with Crippen LogP contribution in [0.1, 0.15) is 18.8 Å². The van der Waals surface area contributed by atoms with E-state index in [0.29, 0.717) is 0 Å². The molecule has 1 fully saturated rings. The number of benzene rings is 1. The van der Waals surface area contributed by atoms with Gasteiger partial charge in [0.2, 0.25) is 10.0 Å². The van der Waals surface area contributed by atoms with Crippen LogP contribution in [0.15, 0.2) is 47.6 Å². The van der Waals surface area contributed by atoms with Crippen LogP contribution >= 0.6 is 0 Å². The summed E-state index contributed by atoms with van der Waals surface area (Å²) >= 11 is 0. The average Bonchev–Trinajstić information content (AvgIpc) is 2.61. The SMILES string of the molecule is CC(c1ncccn1)N1CCN(c2ccc(S(N)(=O)=O)cc2)CC1. The average molecular weight is 347 g/mol. The van der Waals surface area contributed by atoms with Gasteiger partial charge in [0.1, 0.15) is 5.82 Å². The smallest absolute Gasteiger partial charge is 0.238 e. The first-order valence-corrected chi connectivity index (χ1v) is 9.38. The molecule has 0 spiro atoms. The van der Waals surface area contributed by atoms with Crippen molar-refractivity contribution in [3.05, 3.63) is 48.5 Å². The number of hydrogen-bond acceptors (Lipinski definition) is 6. The summed E-state index contributed by atoms with van der Waals surface area (Å²) in [6.07, 6.45) is 3.53. The molecule has 128 valence electrons. The zero-order chi connectivity index (χ0) is 17.2. The van der Waals surface area contributed by atoms with Crippen molar-refractivity contribution in [3.8, 4) is 0 Å². The fraction of sp³-hybridized carbons (Fsp3) is 0.375. The van der Waals surface area contributed by atoms with Gasteiger partial charge in [0.15, 0.2) is 0 Å². The third kappa shape index (κ3) is 3.72. The molecule has 1 saturated heterocycles. The molecule has 1 aliphatic heterocycles. The maximum absolute atomic E-state index is 11.3. The van der Waals surface area contributed by atoms with Gasteiger partial charge in [-0.2, -0.15) is 0 Å². The van der Waals surface area contributed by atoms with E-state index in [-0.39, 0.29) is 10.9 Å². The van der Waals surface area contributed by atoms with Gasteiger partial charge in [-0.25, -0.2) is 23.5 Å². The topological polar surface area (TPSA) is 92.4 Å². The molecule has 7 nitrogen and oxygen atoms in total. The zero-order valence-electron chi connectivity index (χ0n) is 13.5. The van der Waals surface area contributed by atoms with Gasteiger partial charge >= 0.3 is 0 Å². The summed E-state index contributed by atoms with van der Waals surface area (Å²) in [5.74, 6) is 0.837. The van der Waals surface area contributed by atoms with Gasteiger partial charge in [-0.15, -0.1) is 0 Å². The lowest BCUT2D eigenvalue weighted by Gasteiger charge is -2.38. The zero-order valence-corrected chi connectivity index (χ0v) is 14.4. The van der Waals surface area contributed by atoms with Crippen LogP contribution in [-0.4, -0.2) is 49.5 Å². The molecule has 0 saturated carbocycles. The quantitative estimate of drug-likeness (QED) is 0.887. The third-order valence-corrected chi connectivity index (χ3v) is 5.28. The van der Waals surface area contributed by atoms with Crippen LogP contribution in [-0.2, 0) is 10.0 Å². The fourth-order valence-electron chi connectivity index (χ4n) is 2.90. The van der Waals surface area contributed by atoms with Crippen LogP contribution in [0.3, 0.4) is 0 Å². The number of aromatic nitrogens is 2. The number of nitrogens with two attached hydrogens (primary N) is 1. The first-order chi connectivity index (χ1) is 11.4. The molecule has 0 amide bonds. The first-order valence-electron chi connectivity index (χ1n) is 7.84. The Balaban J connectivity index is 1.63. The Bertz CT molecular complexity index is 772. The standard InChI is InChI=1S/C16H21N5O2S/c1-13(16-18-7-2-8-19-16)20-9-11-21(12-10-20)14-3-5-15(6-4-14)24(17,22)23/h2-8,13H,9-12H2,1H3,(H2,17,22,23). The Labute approximate surface area is 142 Å². The molecule has 3 rings (SSSR count). The summed E-state index contributed by atoms with van der Waals surface area (Å²) in [5, 5.41) is 5.13. The van der Waals surface area contributed by atoms with Crippen LogP contribution in [0.25, 0.3) is 0 Å². The molecule has 1 atom stereocenters. The van der Waals surface area contributed by atoms with Crippen molar-refractivity contribution >= 4 is 15.7 Å². The number of rotatable bonds is 4. The molecular formula is C16H21N5O2S. The predicted octanol–water partition coefficient (Wildman–Crippen LogP) is 1.01. The summed E-state index contributed by atoms with van der Waals surface area (Å²) < 4.78 is 22.6. The highest BCUT2D eigenvalue weighted by Gasteiger charge is 2.23. The fourth-order valence-corrected chi connectivity index (χ4v) is 3.42. The minimum Gasteiger partial charge on any atom is -0.369 e. The minimum atomic E-state index is -3.64. The van der Waals surface area contributed by atoms with E-state index in [4.69, 9.17) is 5.14 Å². The van der Waals surface area contributed by atoms with E-state index in [2.05, 4.69) is 26.7 Å². The van der Waals surface area contributed by atoms with Crippen molar-refractivity contribution in [2.24, 2.45) is 5.14 Å². The monoisotopic (exact) mass is 347 g/mol. The highest BCUT2D eigenvalue weighted by molar-refractivity contribution is 7.89. The second-order valence-corrected chi connectivity index (χ2v) is 7.41. The molecule has 1 aromatic heterocycles. The molecule has 2 heterocycles. The highest BCUT2D eigenvalue weighted by Crippen LogP contribution is 2.22. The van der Waals surface area contributed by atoms with E-state index >= 15 is 0 Å². The number of hydrogen-bond donors (Lipinski definition) is 1. The molecule has 24 heavy (non-hydrogen) atoms. The molecule has 8 heteroatoms. The van der Waals surface area contributed by atoms with Crippen LogP contribution in [0.4, 0.5) is 5.69 Å². The van der Waals surface area contributed by atoms with Crippen molar-refractivity contribution in [1.29, 1.82) is 0 Å². The van der Waals surface area contributed by atoms with Crippen molar-refractivity contribution in [3.63, 3.8) is 0 Å². The van der Waals surface area contributed by atoms with E-state index in [1.807, 2.05) is 6.07 Å². The Morgan fingerprint density at radius 1 is 1.04 bits per heavy atom. The van der Waals surface area contributed by atoms with E-state index in [1.54, 1.807) is 36.7 Å². The normalized spacial score (nSPS) is 17.7.